The Morgan fingerprint density at radius 3 is 2.27 bits per heavy atom. The third-order valence-corrected chi connectivity index (χ3v) is 5.09. The second-order valence-electron chi connectivity index (χ2n) is 4.97. The van der Waals surface area contributed by atoms with Crippen LogP contribution in [-0.2, 0) is 10.5 Å². The smallest absolute Gasteiger partial charge is 0.269 e. The van der Waals surface area contributed by atoms with Gasteiger partial charge in [0.15, 0.2) is 0 Å². The lowest BCUT2D eigenvalue weighted by atomic mass is 10.2. The normalized spacial score (nSPS) is 14.8. The number of nitro benzene ring substituents is 1. The Balaban J connectivity index is 1.80. The summed E-state index contributed by atoms with van der Waals surface area (Å²) in [6.07, 6.45) is 0. The molecule has 1 aliphatic rings. The van der Waals surface area contributed by atoms with Crippen LogP contribution >= 0.6 is 24.0 Å². The van der Waals surface area contributed by atoms with E-state index in [-0.39, 0.29) is 11.6 Å². The SMILES string of the molecule is CC(=O)N1CCN(C(=S)SCc2ccc([N+](=O)[O-])cc2)CC1. The third-order valence-electron chi connectivity index (χ3n) is 3.49. The zero-order valence-corrected chi connectivity index (χ0v) is 13.9. The van der Waals surface area contributed by atoms with Gasteiger partial charge >= 0.3 is 0 Å². The monoisotopic (exact) mass is 339 g/mol. The quantitative estimate of drug-likeness (QED) is 0.478. The fourth-order valence-corrected chi connectivity index (χ4v) is 3.36. The molecule has 1 aromatic carbocycles. The zero-order valence-electron chi connectivity index (χ0n) is 12.2. The minimum atomic E-state index is -0.407. The van der Waals surface area contributed by atoms with Crippen molar-refractivity contribution >= 4 is 39.9 Å². The topological polar surface area (TPSA) is 66.7 Å². The molecule has 8 heteroatoms. The van der Waals surface area contributed by atoms with Crippen molar-refractivity contribution in [1.82, 2.24) is 9.80 Å². The molecule has 6 nitrogen and oxygen atoms in total. The number of hydrogen-bond acceptors (Lipinski definition) is 5. The van der Waals surface area contributed by atoms with Gasteiger partial charge in [0.2, 0.25) is 5.91 Å². The summed E-state index contributed by atoms with van der Waals surface area (Å²) >= 11 is 6.97. The molecule has 22 heavy (non-hydrogen) atoms. The van der Waals surface area contributed by atoms with E-state index in [0.717, 1.165) is 23.0 Å². The number of nitro groups is 1. The summed E-state index contributed by atoms with van der Waals surface area (Å²) in [5.41, 5.74) is 1.09. The van der Waals surface area contributed by atoms with Crippen molar-refractivity contribution < 1.29 is 9.72 Å². The van der Waals surface area contributed by atoms with E-state index in [4.69, 9.17) is 12.2 Å². The van der Waals surface area contributed by atoms with Crippen LogP contribution in [0.2, 0.25) is 0 Å². The molecule has 0 bridgehead atoms. The van der Waals surface area contributed by atoms with Crippen LogP contribution < -0.4 is 0 Å². The summed E-state index contributed by atoms with van der Waals surface area (Å²) in [6.45, 7) is 4.50. The molecule has 0 atom stereocenters. The number of carbonyl (C=O) groups excluding carboxylic acids is 1. The van der Waals surface area contributed by atoms with Gasteiger partial charge in [-0.05, 0) is 5.56 Å². The van der Waals surface area contributed by atoms with Crippen LogP contribution in [0.1, 0.15) is 12.5 Å². The number of hydrogen-bond donors (Lipinski definition) is 0. The standard InChI is InChI=1S/C14H17N3O3S2/c1-11(18)15-6-8-16(9-7-15)14(21)22-10-12-2-4-13(5-3-12)17(19)20/h2-5H,6-10H2,1H3. The molecule has 1 fully saturated rings. The number of piperazine rings is 1. The molecule has 0 saturated carbocycles. The molecule has 1 aliphatic heterocycles. The molecule has 2 rings (SSSR count). The number of thiocarbonyl (C=S) groups is 1. The van der Waals surface area contributed by atoms with Crippen molar-refractivity contribution in [2.75, 3.05) is 26.2 Å². The first kappa shape index (κ1) is 16.7. The molecule has 1 saturated heterocycles. The molecule has 0 aliphatic carbocycles. The van der Waals surface area contributed by atoms with Crippen LogP contribution in [0.3, 0.4) is 0 Å². The maximum absolute atomic E-state index is 11.3. The van der Waals surface area contributed by atoms with Crippen LogP contribution in [0.4, 0.5) is 5.69 Å². The first-order chi connectivity index (χ1) is 10.5. The van der Waals surface area contributed by atoms with Gasteiger partial charge in [0.25, 0.3) is 5.69 Å². The molecule has 0 unspecified atom stereocenters. The van der Waals surface area contributed by atoms with Gasteiger partial charge < -0.3 is 9.80 Å². The summed E-state index contributed by atoms with van der Waals surface area (Å²) in [6, 6.07) is 6.51. The molecule has 0 N–H and O–H groups in total. The Kier molecular flexibility index (Phi) is 5.73. The Morgan fingerprint density at radius 1 is 1.23 bits per heavy atom. The average Bonchev–Trinajstić information content (AvgIpc) is 2.53. The summed E-state index contributed by atoms with van der Waals surface area (Å²) in [4.78, 5) is 25.4. The van der Waals surface area contributed by atoms with Gasteiger partial charge in [-0.2, -0.15) is 0 Å². The summed E-state index contributed by atoms with van der Waals surface area (Å²) in [7, 11) is 0. The van der Waals surface area contributed by atoms with Crippen molar-refractivity contribution in [2.24, 2.45) is 0 Å². The lowest BCUT2D eigenvalue weighted by molar-refractivity contribution is -0.384. The van der Waals surface area contributed by atoms with Crippen LogP contribution in [0.25, 0.3) is 0 Å². The second kappa shape index (κ2) is 7.55. The molecular formula is C14H17N3O3S2. The minimum absolute atomic E-state index is 0.0941. The summed E-state index contributed by atoms with van der Waals surface area (Å²) in [5, 5.41) is 10.6. The van der Waals surface area contributed by atoms with E-state index >= 15 is 0 Å². The molecule has 1 aromatic rings. The first-order valence-corrected chi connectivity index (χ1v) is 8.27. The summed E-state index contributed by atoms with van der Waals surface area (Å²) < 4.78 is 0.807. The third kappa shape index (κ3) is 4.41. The fourth-order valence-electron chi connectivity index (χ4n) is 2.15. The molecule has 1 amide bonds. The largest absolute Gasteiger partial charge is 0.354 e. The first-order valence-electron chi connectivity index (χ1n) is 6.88. The molecule has 0 spiro atoms. The van der Waals surface area contributed by atoms with Gasteiger partial charge in [-0.15, -0.1) is 0 Å². The number of nitrogens with zero attached hydrogens (tertiary/aromatic N) is 3. The summed E-state index contributed by atoms with van der Waals surface area (Å²) in [5.74, 6) is 0.785. The van der Waals surface area contributed by atoms with Crippen molar-refractivity contribution in [3.63, 3.8) is 0 Å². The molecule has 118 valence electrons. The molecule has 0 radical (unpaired) electrons. The van der Waals surface area contributed by atoms with E-state index in [1.807, 2.05) is 4.90 Å². The van der Waals surface area contributed by atoms with E-state index in [9.17, 15) is 14.9 Å². The highest BCUT2D eigenvalue weighted by molar-refractivity contribution is 8.22. The van der Waals surface area contributed by atoms with Gasteiger partial charge in [-0.25, -0.2) is 0 Å². The van der Waals surface area contributed by atoms with E-state index < -0.39 is 4.92 Å². The Morgan fingerprint density at radius 2 is 1.77 bits per heavy atom. The maximum Gasteiger partial charge on any atom is 0.269 e. The van der Waals surface area contributed by atoms with E-state index in [1.54, 1.807) is 30.8 Å². The predicted molar refractivity (Wildman–Crippen MR) is 90.8 cm³/mol. The van der Waals surface area contributed by atoms with Gasteiger partial charge in [0.1, 0.15) is 4.32 Å². The minimum Gasteiger partial charge on any atom is -0.354 e. The zero-order chi connectivity index (χ0) is 16.1. The van der Waals surface area contributed by atoms with E-state index in [2.05, 4.69) is 4.90 Å². The van der Waals surface area contributed by atoms with E-state index in [0.29, 0.717) is 18.8 Å². The van der Waals surface area contributed by atoms with Crippen molar-refractivity contribution in [2.45, 2.75) is 12.7 Å². The van der Waals surface area contributed by atoms with Gasteiger partial charge in [-0.3, -0.25) is 14.9 Å². The van der Waals surface area contributed by atoms with Crippen LogP contribution in [0.5, 0.6) is 0 Å². The number of benzene rings is 1. The fraction of sp³-hybridized carbons (Fsp3) is 0.429. The number of carbonyl (C=O) groups is 1. The Labute approximate surface area is 138 Å². The Hall–Kier alpha value is -1.67. The molecule has 1 heterocycles. The highest BCUT2D eigenvalue weighted by atomic mass is 32.2. The van der Waals surface area contributed by atoms with Crippen molar-refractivity contribution in [3.8, 4) is 0 Å². The predicted octanol–water partition coefficient (Wildman–Crippen LogP) is 2.28. The van der Waals surface area contributed by atoms with E-state index in [1.165, 1.54) is 12.1 Å². The number of amides is 1. The average molecular weight is 339 g/mol. The molecular weight excluding hydrogens is 322 g/mol. The van der Waals surface area contributed by atoms with Crippen molar-refractivity contribution in [1.29, 1.82) is 0 Å². The lowest BCUT2D eigenvalue weighted by Crippen LogP contribution is -2.49. The van der Waals surface area contributed by atoms with Crippen LogP contribution in [0.15, 0.2) is 24.3 Å². The van der Waals surface area contributed by atoms with Crippen LogP contribution in [-0.4, -0.2) is 51.1 Å². The highest BCUT2D eigenvalue weighted by Crippen LogP contribution is 2.20. The number of non-ortho nitro benzene ring substituents is 1. The van der Waals surface area contributed by atoms with Gasteiger partial charge in [0.05, 0.1) is 4.92 Å². The number of thioether (sulfide) groups is 1. The Bertz CT molecular complexity index is 569. The second-order valence-corrected chi connectivity index (χ2v) is 6.58. The maximum atomic E-state index is 11.3. The number of rotatable bonds is 3. The lowest BCUT2D eigenvalue weighted by Gasteiger charge is -2.35. The van der Waals surface area contributed by atoms with Crippen LogP contribution in [0, 0.1) is 10.1 Å². The highest BCUT2D eigenvalue weighted by Gasteiger charge is 2.20. The van der Waals surface area contributed by atoms with Gasteiger partial charge in [-0.1, -0.05) is 36.1 Å². The van der Waals surface area contributed by atoms with Gasteiger partial charge in [0, 0.05) is 51.0 Å². The van der Waals surface area contributed by atoms with Crippen molar-refractivity contribution in [3.05, 3.63) is 39.9 Å². The molecule has 0 aromatic heterocycles.